The Bertz CT molecular complexity index is 527. The van der Waals surface area contributed by atoms with Crippen LogP contribution in [0.25, 0.3) is 0 Å². The van der Waals surface area contributed by atoms with E-state index in [-0.39, 0.29) is 18.2 Å². The molecule has 0 saturated carbocycles. The molecule has 2 rings (SSSR count). The van der Waals surface area contributed by atoms with Gasteiger partial charge in [-0.3, -0.25) is 19.7 Å². The fraction of sp³-hybridized carbons (Fsp3) is 0.538. The number of carbonyl (C=O) groups is 4. The number of fused-ring (bicyclic) bond motifs is 1. The molecule has 0 aromatic heterocycles. The first-order valence-electron chi connectivity index (χ1n) is 6.34. The summed E-state index contributed by atoms with van der Waals surface area (Å²) >= 11 is 0. The summed E-state index contributed by atoms with van der Waals surface area (Å²) in [5.41, 5.74) is -1.09. The number of hydrogen-bond acceptors (Lipinski definition) is 4. The molecule has 2 N–H and O–H groups in total. The summed E-state index contributed by atoms with van der Waals surface area (Å²) in [4.78, 5) is 47.0. The molecule has 0 aliphatic carbocycles. The number of hydrogen-bond donors (Lipinski definition) is 2. The first-order chi connectivity index (χ1) is 9.34. The fourth-order valence-corrected chi connectivity index (χ4v) is 3.05. The molecule has 3 atom stereocenters. The SMILES string of the molecule is C/C=C\C1CC(C(=O)O)N2C(=O)C12CC(=O)NC(C)=O. The lowest BCUT2D eigenvalue weighted by Crippen LogP contribution is -2.35. The van der Waals surface area contributed by atoms with Gasteiger partial charge in [0, 0.05) is 12.8 Å². The minimum Gasteiger partial charge on any atom is -0.480 e. The molecule has 0 radical (unpaired) electrons. The van der Waals surface area contributed by atoms with Crippen LogP contribution in [0.15, 0.2) is 12.2 Å². The number of carboxylic acid groups (broad SMARTS) is 1. The summed E-state index contributed by atoms with van der Waals surface area (Å²) in [5.74, 6) is -2.79. The van der Waals surface area contributed by atoms with E-state index in [9.17, 15) is 19.2 Å². The van der Waals surface area contributed by atoms with Gasteiger partial charge in [0.2, 0.25) is 11.8 Å². The summed E-state index contributed by atoms with van der Waals surface area (Å²) in [7, 11) is 0. The Morgan fingerprint density at radius 2 is 2.15 bits per heavy atom. The maximum Gasteiger partial charge on any atom is 0.326 e. The third kappa shape index (κ3) is 1.99. The number of piperidine rings is 1. The van der Waals surface area contributed by atoms with Gasteiger partial charge in [-0.05, 0) is 13.3 Å². The van der Waals surface area contributed by atoms with Gasteiger partial charge in [0.25, 0.3) is 5.91 Å². The zero-order chi connectivity index (χ0) is 15.1. The molecule has 2 saturated heterocycles. The van der Waals surface area contributed by atoms with Crippen LogP contribution in [0.5, 0.6) is 0 Å². The maximum absolute atomic E-state index is 12.0. The van der Waals surface area contributed by atoms with Crippen molar-refractivity contribution in [3.8, 4) is 0 Å². The molecule has 2 aliphatic rings. The number of carboxylic acids is 1. The van der Waals surface area contributed by atoms with Gasteiger partial charge in [0.1, 0.15) is 11.6 Å². The molecular formula is C13H16N2O5. The van der Waals surface area contributed by atoms with Crippen LogP contribution >= 0.6 is 0 Å². The van der Waals surface area contributed by atoms with Crippen molar-refractivity contribution < 1.29 is 24.3 Å². The van der Waals surface area contributed by atoms with E-state index < -0.39 is 29.4 Å². The van der Waals surface area contributed by atoms with Crippen molar-refractivity contribution in [3.05, 3.63) is 12.2 Å². The summed E-state index contributed by atoms with van der Waals surface area (Å²) in [5, 5.41) is 11.3. The van der Waals surface area contributed by atoms with Gasteiger partial charge in [0.05, 0.1) is 6.42 Å². The second-order valence-electron chi connectivity index (χ2n) is 5.10. The van der Waals surface area contributed by atoms with Crippen molar-refractivity contribution in [1.82, 2.24) is 10.2 Å². The topological polar surface area (TPSA) is 104 Å². The second-order valence-corrected chi connectivity index (χ2v) is 5.10. The van der Waals surface area contributed by atoms with E-state index in [0.717, 1.165) is 0 Å². The fourth-order valence-electron chi connectivity index (χ4n) is 3.05. The number of imide groups is 1. The number of aliphatic carboxylic acids is 1. The normalized spacial score (nSPS) is 31.3. The molecule has 108 valence electrons. The van der Waals surface area contributed by atoms with Crippen LogP contribution in [0.1, 0.15) is 26.7 Å². The van der Waals surface area contributed by atoms with Gasteiger partial charge in [-0.1, -0.05) is 12.2 Å². The van der Waals surface area contributed by atoms with Crippen molar-refractivity contribution in [2.75, 3.05) is 0 Å². The molecule has 2 aliphatic heterocycles. The predicted octanol–water partition coefficient (Wildman–Crippen LogP) is -0.331. The minimum atomic E-state index is -1.09. The molecule has 2 heterocycles. The first-order valence-corrected chi connectivity index (χ1v) is 6.34. The number of rotatable bonds is 4. The van der Waals surface area contributed by atoms with E-state index in [1.807, 2.05) is 0 Å². The second kappa shape index (κ2) is 4.73. The average Bonchev–Trinajstić information content (AvgIpc) is 2.75. The summed E-state index contributed by atoms with van der Waals surface area (Å²) in [6, 6.07) is -0.895. The predicted molar refractivity (Wildman–Crippen MR) is 67.4 cm³/mol. The quantitative estimate of drug-likeness (QED) is 0.542. The third-order valence-electron chi connectivity index (χ3n) is 3.83. The van der Waals surface area contributed by atoms with Crippen LogP contribution in [0.2, 0.25) is 0 Å². The number of carbonyl (C=O) groups excluding carboxylic acids is 3. The molecular weight excluding hydrogens is 264 g/mol. The van der Waals surface area contributed by atoms with Crippen molar-refractivity contribution >= 4 is 23.7 Å². The van der Waals surface area contributed by atoms with Gasteiger partial charge in [0.15, 0.2) is 0 Å². The highest BCUT2D eigenvalue weighted by molar-refractivity contribution is 6.11. The molecule has 3 unspecified atom stereocenters. The lowest BCUT2D eigenvalue weighted by molar-refractivity contribution is -0.142. The molecule has 2 fully saturated rings. The van der Waals surface area contributed by atoms with Gasteiger partial charge >= 0.3 is 5.97 Å². The summed E-state index contributed by atoms with van der Waals surface area (Å²) in [6.45, 7) is 2.98. The van der Waals surface area contributed by atoms with Crippen LogP contribution in [0.4, 0.5) is 0 Å². The van der Waals surface area contributed by atoms with Crippen LogP contribution in [0, 0.1) is 5.92 Å². The van der Waals surface area contributed by atoms with Crippen molar-refractivity contribution in [1.29, 1.82) is 0 Å². The first kappa shape index (κ1) is 14.2. The van der Waals surface area contributed by atoms with E-state index in [1.54, 1.807) is 19.1 Å². The molecule has 20 heavy (non-hydrogen) atoms. The highest BCUT2D eigenvalue weighted by atomic mass is 16.4. The average molecular weight is 280 g/mol. The molecule has 7 heteroatoms. The van der Waals surface area contributed by atoms with Crippen molar-refractivity contribution in [2.45, 2.75) is 38.3 Å². The van der Waals surface area contributed by atoms with Crippen molar-refractivity contribution in [3.63, 3.8) is 0 Å². The van der Waals surface area contributed by atoms with E-state index in [2.05, 4.69) is 5.32 Å². The molecule has 3 amide bonds. The molecule has 7 nitrogen and oxygen atoms in total. The summed E-state index contributed by atoms with van der Waals surface area (Å²) < 4.78 is 0. The monoisotopic (exact) mass is 280 g/mol. The summed E-state index contributed by atoms with van der Waals surface area (Å²) in [6.07, 6.45) is 3.59. The van der Waals surface area contributed by atoms with E-state index >= 15 is 0 Å². The molecule has 0 spiro atoms. The zero-order valence-corrected chi connectivity index (χ0v) is 11.3. The van der Waals surface area contributed by atoms with E-state index in [1.165, 1.54) is 11.8 Å². The van der Waals surface area contributed by atoms with E-state index in [4.69, 9.17) is 5.11 Å². The lowest BCUT2D eigenvalue weighted by Gasteiger charge is -2.14. The number of nitrogens with one attached hydrogen (secondary N) is 1. The van der Waals surface area contributed by atoms with E-state index in [0.29, 0.717) is 6.42 Å². The Labute approximate surface area is 115 Å². The Morgan fingerprint density at radius 3 is 2.65 bits per heavy atom. The third-order valence-corrected chi connectivity index (χ3v) is 3.83. The van der Waals surface area contributed by atoms with Crippen LogP contribution < -0.4 is 5.32 Å². The Balaban J connectivity index is 2.23. The standard InChI is InChI=1S/C13H16N2O5/c1-3-4-8-5-9(11(18)19)15-12(20)13(8,15)6-10(17)14-7(2)16/h3-4,8-9H,5-6H2,1-2H3,(H,18,19)(H,14,16,17)/b4-3-. The minimum absolute atomic E-state index is 0.190. The largest absolute Gasteiger partial charge is 0.480 e. The van der Waals surface area contributed by atoms with Crippen LogP contribution in [-0.4, -0.2) is 45.3 Å². The van der Waals surface area contributed by atoms with Crippen LogP contribution in [0.3, 0.4) is 0 Å². The Kier molecular flexibility index (Phi) is 3.37. The lowest BCUT2D eigenvalue weighted by atomic mass is 9.86. The number of amides is 3. The molecule has 0 aromatic rings. The van der Waals surface area contributed by atoms with Gasteiger partial charge in [-0.15, -0.1) is 0 Å². The van der Waals surface area contributed by atoms with Gasteiger partial charge in [-0.25, -0.2) is 4.79 Å². The maximum atomic E-state index is 12.0. The smallest absolute Gasteiger partial charge is 0.326 e. The zero-order valence-electron chi connectivity index (χ0n) is 11.3. The highest BCUT2D eigenvalue weighted by Crippen LogP contribution is 2.55. The van der Waals surface area contributed by atoms with Gasteiger partial charge < -0.3 is 10.0 Å². The highest BCUT2D eigenvalue weighted by Gasteiger charge is 2.74. The van der Waals surface area contributed by atoms with Crippen LogP contribution in [-0.2, 0) is 19.2 Å². The van der Waals surface area contributed by atoms with Gasteiger partial charge in [-0.2, -0.15) is 0 Å². The number of allylic oxidation sites excluding steroid dienone is 1. The molecule has 0 bridgehead atoms. The van der Waals surface area contributed by atoms with Crippen molar-refractivity contribution in [2.24, 2.45) is 5.92 Å². The molecule has 0 aromatic carbocycles. The Morgan fingerprint density at radius 1 is 1.50 bits per heavy atom. The number of nitrogens with zero attached hydrogens (tertiary/aromatic N) is 1. The Hall–Kier alpha value is -2.18.